The van der Waals surface area contributed by atoms with Crippen molar-refractivity contribution >= 4 is 34.6 Å². The minimum Gasteiger partial charge on any atom is -0.481 e. The number of hydrogen-bond acceptors (Lipinski definition) is 10. The third-order valence-corrected chi connectivity index (χ3v) is 6.78. The zero-order valence-electron chi connectivity index (χ0n) is 18.8. The van der Waals surface area contributed by atoms with E-state index >= 15 is 0 Å². The van der Waals surface area contributed by atoms with Crippen LogP contribution >= 0.6 is 11.3 Å². The summed E-state index contributed by atoms with van der Waals surface area (Å²) in [6, 6.07) is 7.46. The summed E-state index contributed by atoms with van der Waals surface area (Å²) in [5, 5.41) is 25.4. The lowest BCUT2D eigenvalue weighted by Gasteiger charge is -2.34. The molecule has 0 spiro atoms. The number of rotatable bonds is 7. The molecule has 0 unspecified atom stereocenters. The summed E-state index contributed by atoms with van der Waals surface area (Å²) >= 11 is 1.51. The lowest BCUT2D eigenvalue weighted by atomic mass is 9.81. The lowest BCUT2D eigenvalue weighted by Crippen LogP contribution is -2.50. The molecule has 0 amide bonds. The third-order valence-electron chi connectivity index (χ3n) is 5.54. The first-order chi connectivity index (χ1) is 16.3. The fourth-order valence-corrected chi connectivity index (χ4v) is 4.38. The molecule has 2 aromatic heterocycles. The average molecular weight is 485 g/mol. The minimum absolute atomic E-state index is 0.155. The Morgan fingerprint density at radius 2 is 2.09 bits per heavy atom. The number of nitrogens with two attached hydrogens (primary N) is 1. The maximum Gasteiger partial charge on any atom is 0.303 e. The van der Waals surface area contributed by atoms with Crippen LogP contribution in [0.5, 0.6) is 5.88 Å². The molecule has 180 valence electrons. The van der Waals surface area contributed by atoms with Gasteiger partial charge in [0.05, 0.1) is 4.88 Å². The largest absolute Gasteiger partial charge is 0.481 e. The Balaban J connectivity index is 0.000000499. The number of carboxylic acid groups (broad SMARTS) is 1. The molecule has 1 aromatic carbocycles. The molecule has 0 bridgehead atoms. The number of nitrogens with zero attached hydrogens (tertiary/aromatic N) is 3. The molecule has 0 atom stereocenters. The third kappa shape index (κ3) is 5.79. The summed E-state index contributed by atoms with van der Waals surface area (Å²) in [5.41, 5.74) is 7.70. The van der Waals surface area contributed by atoms with E-state index in [0.29, 0.717) is 17.5 Å². The highest BCUT2D eigenvalue weighted by Crippen LogP contribution is 2.44. The van der Waals surface area contributed by atoms with Crippen LogP contribution in [-0.2, 0) is 10.4 Å². The van der Waals surface area contributed by atoms with Crippen LogP contribution in [0.1, 0.15) is 37.6 Å². The number of carbonyl (C=O) groups is 1. The topological polar surface area (TPSA) is 156 Å². The number of benzene rings is 1. The molecule has 1 aliphatic heterocycles. The normalized spacial score (nSPS) is 16.4. The fourth-order valence-electron chi connectivity index (χ4n) is 3.33. The van der Waals surface area contributed by atoms with Gasteiger partial charge in [-0.1, -0.05) is 6.92 Å². The molecule has 2 fully saturated rings. The van der Waals surface area contributed by atoms with Crippen LogP contribution in [0.3, 0.4) is 0 Å². The van der Waals surface area contributed by atoms with Crippen molar-refractivity contribution in [2.24, 2.45) is 0 Å². The second kappa shape index (κ2) is 10.3. The number of nitrogen functional groups attached to an aromatic ring is 1. The lowest BCUT2D eigenvalue weighted by molar-refractivity contribution is -0.136. The molecular weight excluding hydrogens is 456 g/mol. The summed E-state index contributed by atoms with van der Waals surface area (Å²) in [6.07, 6.45) is 6.43. The van der Waals surface area contributed by atoms with Gasteiger partial charge in [-0.3, -0.25) is 4.79 Å². The van der Waals surface area contributed by atoms with E-state index in [0.717, 1.165) is 53.5 Å². The predicted molar refractivity (Wildman–Crippen MR) is 130 cm³/mol. The number of carboxylic acids is 1. The van der Waals surface area contributed by atoms with Gasteiger partial charge in [0.25, 0.3) is 0 Å². The van der Waals surface area contributed by atoms with Gasteiger partial charge in [-0.15, -0.1) is 11.3 Å². The molecule has 3 aromatic rings. The van der Waals surface area contributed by atoms with Gasteiger partial charge < -0.3 is 31.3 Å². The van der Waals surface area contributed by atoms with Crippen molar-refractivity contribution in [1.29, 1.82) is 0 Å². The summed E-state index contributed by atoms with van der Waals surface area (Å²) < 4.78 is 5.79. The van der Waals surface area contributed by atoms with Crippen molar-refractivity contribution in [1.82, 2.24) is 20.3 Å². The highest BCUT2D eigenvalue weighted by molar-refractivity contribution is 7.15. The number of thiazole rings is 1. The van der Waals surface area contributed by atoms with Crippen LogP contribution in [0.4, 0.5) is 17.3 Å². The molecule has 6 N–H and O–H groups in total. The Hall–Kier alpha value is -3.28. The van der Waals surface area contributed by atoms with E-state index in [1.807, 2.05) is 18.2 Å². The van der Waals surface area contributed by atoms with Crippen molar-refractivity contribution in [3.8, 4) is 16.3 Å². The van der Waals surface area contributed by atoms with Gasteiger partial charge in [-0.05, 0) is 43.0 Å². The van der Waals surface area contributed by atoms with Crippen molar-refractivity contribution in [2.45, 2.75) is 44.3 Å². The monoisotopic (exact) mass is 484 g/mol. The molecule has 3 heterocycles. The molecule has 1 saturated heterocycles. The standard InChI is InChI=1S/C20H22N6O2S.C3H6O2/c21-13-6-12(16-11-24-18(29-16)20(27)3-1-4-20)7-14(8-13)25-19-23-5-2-17(26-19)28-15-9-22-10-15;1-2-3(4)5/h2,5-8,11,15,22,27H,1,3-4,9-10,21H2,(H,23,25,26);2H2,1H3,(H,4,5). The van der Waals surface area contributed by atoms with Gasteiger partial charge in [0.2, 0.25) is 11.8 Å². The number of ether oxygens (including phenoxy) is 1. The molecule has 10 nitrogen and oxygen atoms in total. The van der Waals surface area contributed by atoms with E-state index in [1.54, 1.807) is 25.4 Å². The van der Waals surface area contributed by atoms with Crippen LogP contribution in [0.2, 0.25) is 0 Å². The zero-order valence-corrected chi connectivity index (χ0v) is 19.6. The van der Waals surface area contributed by atoms with Crippen molar-refractivity contribution < 1.29 is 19.7 Å². The average Bonchev–Trinajstić information content (AvgIpc) is 3.26. The molecule has 1 aliphatic carbocycles. The second-order valence-electron chi connectivity index (χ2n) is 8.25. The van der Waals surface area contributed by atoms with Gasteiger partial charge in [0.1, 0.15) is 16.7 Å². The van der Waals surface area contributed by atoms with Crippen molar-refractivity contribution in [3.05, 3.63) is 41.7 Å². The number of aliphatic hydroxyl groups is 1. The highest BCUT2D eigenvalue weighted by Gasteiger charge is 2.39. The minimum atomic E-state index is -0.755. The summed E-state index contributed by atoms with van der Waals surface area (Å²) in [7, 11) is 0. The molecule has 11 heteroatoms. The van der Waals surface area contributed by atoms with E-state index in [2.05, 4.69) is 25.6 Å². The Labute approximate surface area is 201 Å². The van der Waals surface area contributed by atoms with Crippen LogP contribution in [0.25, 0.3) is 10.4 Å². The van der Waals surface area contributed by atoms with Gasteiger partial charge in [0.15, 0.2) is 0 Å². The van der Waals surface area contributed by atoms with Crippen LogP contribution in [0.15, 0.2) is 36.7 Å². The molecular formula is C23H28N6O4S. The molecule has 0 radical (unpaired) electrons. The molecule has 1 saturated carbocycles. The Bertz CT molecular complexity index is 1150. The van der Waals surface area contributed by atoms with Crippen molar-refractivity contribution in [3.63, 3.8) is 0 Å². The van der Waals surface area contributed by atoms with Gasteiger partial charge in [0, 0.05) is 49.3 Å². The number of hydrogen-bond donors (Lipinski definition) is 5. The SMILES string of the molecule is CCC(=O)O.Nc1cc(Nc2nccc(OC3CNC3)n2)cc(-c2cnc(C3(O)CCC3)s2)c1. The molecule has 34 heavy (non-hydrogen) atoms. The Morgan fingerprint density at radius 3 is 2.71 bits per heavy atom. The second-order valence-corrected chi connectivity index (χ2v) is 9.28. The van der Waals surface area contributed by atoms with Gasteiger partial charge in [-0.25, -0.2) is 9.97 Å². The number of aromatic nitrogens is 3. The molecule has 2 aliphatic rings. The van der Waals surface area contributed by atoms with E-state index < -0.39 is 11.6 Å². The molecule has 5 rings (SSSR count). The quantitative estimate of drug-likeness (QED) is 0.316. The summed E-state index contributed by atoms with van der Waals surface area (Å²) in [4.78, 5) is 23.5. The summed E-state index contributed by atoms with van der Waals surface area (Å²) in [6.45, 7) is 3.26. The fraction of sp³-hybridized carbons (Fsp3) is 0.391. The predicted octanol–water partition coefficient (Wildman–Crippen LogP) is 3.13. The first-order valence-corrected chi connectivity index (χ1v) is 11.9. The van der Waals surface area contributed by atoms with Crippen molar-refractivity contribution in [2.75, 3.05) is 24.1 Å². The first kappa shape index (κ1) is 23.9. The van der Waals surface area contributed by atoms with Crippen LogP contribution in [-0.4, -0.2) is 50.3 Å². The number of aliphatic carboxylic acids is 1. The van der Waals surface area contributed by atoms with E-state index in [1.165, 1.54) is 11.3 Å². The van der Waals surface area contributed by atoms with Crippen LogP contribution < -0.4 is 21.1 Å². The Morgan fingerprint density at radius 1 is 1.32 bits per heavy atom. The first-order valence-electron chi connectivity index (χ1n) is 11.1. The zero-order chi connectivity index (χ0) is 24.1. The van der Waals surface area contributed by atoms with Gasteiger partial charge >= 0.3 is 5.97 Å². The van der Waals surface area contributed by atoms with E-state index in [-0.39, 0.29) is 12.5 Å². The van der Waals surface area contributed by atoms with Gasteiger partial charge in [-0.2, -0.15) is 4.98 Å². The maximum absolute atomic E-state index is 10.5. The van der Waals surface area contributed by atoms with Crippen LogP contribution in [0, 0.1) is 0 Å². The highest BCUT2D eigenvalue weighted by atomic mass is 32.1. The number of anilines is 3. The maximum atomic E-state index is 10.5. The Kier molecular flexibility index (Phi) is 7.25. The number of nitrogens with one attached hydrogen (secondary N) is 2. The van der Waals surface area contributed by atoms with E-state index in [9.17, 15) is 9.90 Å². The smallest absolute Gasteiger partial charge is 0.303 e. The van der Waals surface area contributed by atoms with E-state index in [4.69, 9.17) is 15.6 Å². The summed E-state index contributed by atoms with van der Waals surface area (Å²) in [5.74, 6) is 0.240.